The molecule has 0 aliphatic carbocycles. The Hall–Kier alpha value is 0.0269. The van der Waals surface area contributed by atoms with E-state index in [1.807, 2.05) is 0 Å². The molecule has 0 amide bonds. The first-order chi connectivity index (χ1) is 6.97. The molecule has 1 rings (SSSR count). The molecule has 0 spiro atoms. The first-order valence-corrected chi connectivity index (χ1v) is 7.40. The summed E-state index contributed by atoms with van der Waals surface area (Å²) in [5.74, 6) is 0. The molecule has 7 heteroatoms. The van der Waals surface area contributed by atoms with E-state index in [2.05, 4.69) is 11.1 Å². The summed E-state index contributed by atoms with van der Waals surface area (Å²) < 4.78 is 26.5. The lowest BCUT2D eigenvalue weighted by molar-refractivity contribution is -0.154. The SMILES string of the molecule is C=CCOP(=O)(O)OC1([SiH3])CCCCO1. The van der Waals surface area contributed by atoms with E-state index in [1.165, 1.54) is 6.08 Å². The molecular formula is C8H17O5PSi. The van der Waals surface area contributed by atoms with Crippen molar-refractivity contribution in [3.05, 3.63) is 12.7 Å². The third-order valence-corrected chi connectivity index (χ3v) is 4.53. The average Bonchev–Trinajstić information content (AvgIpc) is 2.14. The minimum Gasteiger partial charge on any atom is -0.354 e. The Bertz CT molecular complexity index is 264. The van der Waals surface area contributed by atoms with E-state index in [9.17, 15) is 9.46 Å². The van der Waals surface area contributed by atoms with Gasteiger partial charge in [-0.2, -0.15) is 0 Å². The van der Waals surface area contributed by atoms with Crippen molar-refractivity contribution in [2.75, 3.05) is 13.2 Å². The molecule has 1 fully saturated rings. The van der Waals surface area contributed by atoms with Crippen LogP contribution in [0.5, 0.6) is 0 Å². The van der Waals surface area contributed by atoms with Crippen molar-refractivity contribution in [1.82, 2.24) is 0 Å². The standard InChI is InChI=1S/C8H17O5PSi/c1-2-6-12-14(9,10)13-8(15)5-3-4-7-11-8/h2H,1,3-7H2,15H3,(H,9,10). The van der Waals surface area contributed by atoms with Crippen LogP contribution in [0.3, 0.4) is 0 Å². The highest BCUT2D eigenvalue weighted by Gasteiger charge is 2.37. The van der Waals surface area contributed by atoms with Crippen molar-refractivity contribution < 1.29 is 23.2 Å². The largest absolute Gasteiger partial charge is 0.474 e. The molecule has 0 aromatic carbocycles. The first kappa shape index (κ1) is 13.1. The van der Waals surface area contributed by atoms with Crippen LogP contribution in [-0.2, 0) is 18.3 Å². The number of phosphoric ester groups is 1. The van der Waals surface area contributed by atoms with Crippen LogP contribution in [0.1, 0.15) is 19.3 Å². The smallest absolute Gasteiger partial charge is 0.354 e. The quantitative estimate of drug-likeness (QED) is 0.439. The molecule has 1 aliphatic rings. The lowest BCUT2D eigenvalue weighted by atomic mass is 10.2. The summed E-state index contributed by atoms with van der Waals surface area (Å²) in [4.78, 5) is 9.37. The van der Waals surface area contributed by atoms with Crippen molar-refractivity contribution in [3.63, 3.8) is 0 Å². The number of hydrogen-bond donors (Lipinski definition) is 1. The Morgan fingerprint density at radius 1 is 1.67 bits per heavy atom. The second-order valence-electron chi connectivity index (χ2n) is 3.58. The maximum atomic E-state index is 11.5. The van der Waals surface area contributed by atoms with E-state index >= 15 is 0 Å². The zero-order valence-electron chi connectivity index (χ0n) is 8.85. The molecule has 0 saturated carbocycles. The van der Waals surface area contributed by atoms with Gasteiger partial charge in [0.25, 0.3) is 0 Å². The summed E-state index contributed by atoms with van der Waals surface area (Å²) in [6.07, 6.45) is 3.97. The topological polar surface area (TPSA) is 65.0 Å². The molecule has 0 aromatic rings. The number of rotatable bonds is 5. The van der Waals surface area contributed by atoms with Gasteiger partial charge in [-0.3, -0.25) is 9.05 Å². The highest BCUT2D eigenvalue weighted by atomic mass is 31.2. The molecule has 0 bridgehead atoms. The highest BCUT2D eigenvalue weighted by Crippen LogP contribution is 2.48. The fraction of sp³-hybridized carbons (Fsp3) is 0.750. The predicted octanol–water partition coefficient (Wildman–Crippen LogP) is 0.526. The van der Waals surface area contributed by atoms with Gasteiger partial charge in [0.05, 0.1) is 16.8 Å². The van der Waals surface area contributed by atoms with Gasteiger partial charge in [0.2, 0.25) is 0 Å². The van der Waals surface area contributed by atoms with Crippen LogP contribution < -0.4 is 0 Å². The van der Waals surface area contributed by atoms with Gasteiger partial charge in [-0.1, -0.05) is 6.08 Å². The van der Waals surface area contributed by atoms with Crippen LogP contribution in [0.2, 0.25) is 0 Å². The van der Waals surface area contributed by atoms with Crippen LogP contribution in [0.25, 0.3) is 0 Å². The maximum absolute atomic E-state index is 11.5. The summed E-state index contributed by atoms with van der Waals surface area (Å²) >= 11 is 0. The molecule has 1 heterocycles. The summed E-state index contributed by atoms with van der Waals surface area (Å²) in [6.45, 7) is 3.96. The van der Waals surface area contributed by atoms with Crippen molar-refractivity contribution >= 4 is 18.1 Å². The molecule has 1 aliphatic heterocycles. The van der Waals surface area contributed by atoms with E-state index in [0.717, 1.165) is 12.8 Å². The lowest BCUT2D eigenvalue weighted by Gasteiger charge is -2.34. The molecule has 0 radical (unpaired) electrons. The summed E-state index contributed by atoms with van der Waals surface area (Å²) in [5.41, 5.74) is -0.871. The Balaban J connectivity index is 2.50. The molecule has 15 heavy (non-hydrogen) atoms. The van der Waals surface area contributed by atoms with Gasteiger partial charge in [0, 0.05) is 6.61 Å². The van der Waals surface area contributed by atoms with E-state index in [4.69, 9.17) is 9.26 Å². The molecule has 2 unspecified atom stereocenters. The second kappa shape index (κ2) is 5.38. The minimum absolute atomic E-state index is 0.00852. The van der Waals surface area contributed by atoms with Gasteiger partial charge in [-0.15, -0.1) is 6.58 Å². The van der Waals surface area contributed by atoms with Crippen LogP contribution >= 0.6 is 7.82 Å². The zero-order chi connectivity index (χ0) is 11.4. The predicted molar refractivity (Wildman–Crippen MR) is 59.5 cm³/mol. The van der Waals surface area contributed by atoms with Crippen LogP contribution in [-0.4, -0.2) is 33.8 Å². The molecule has 0 aromatic heterocycles. The lowest BCUT2D eigenvalue weighted by Crippen LogP contribution is -2.38. The van der Waals surface area contributed by atoms with Gasteiger partial charge >= 0.3 is 7.82 Å². The third kappa shape index (κ3) is 4.59. The normalized spacial score (nSPS) is 31.0. The number of hydrogen-bond acceptors (Lipinski definition) is 4. The average molecular weight is 252 g/mol. The molecule has 5 nitrogen and oxygen atoms in total. The molecule has 2 atom stereocenters. The van der Waals surface area contributed by atoms with Crippen molar-refractivity contribution in [2.24, 2.45) is 0 Å². The molecular weight excluding hydrogens is 235 g/mol. The van der Waals surface area contributed by atoms with E-state index < -0.39 is 13.2 Å². The van der Waals surface area contributed by atoms with Crippen LogP contribution in [0.4, 0.5) is 0 Å². The van der Waals surface area contributed by atoms with E-state index in [-0.39, 0.29) is 6.61 Å². The van der Waals surface area contributed by atoms with Gasteiger partial charge < -0.3 is 9.63 Å². The summed E-state index contributed by atoms with van der Waals surface area (Å²) in [5, 5.41) is 0. The Kier molecular flexibility index (Phi) is 4.70. The monoisotopic (exact) mass is 252 g/mol. The minimum atomic E-state index is -4.00. The van der Waals surface area contributed by atoms with Crippen molar-refractivity contribution in [1.29, 1.82) is 0 Å². The molecule has 1 saturated heterocycles. The van der Waals surface area contributed by atoms with Crippen molar-refractivity contribution in [2.45, 2.75) is 24.7 Å². The Morgan fingerprint density at radius 3 is 2.93 bits per heavy atom. The third-order valence-electron chi connectivity index (χ3n) is 2.10. The molecule has 1 N–H and O–H groups in total. The second-order valence-corrected chi connectivity index (χ2v) is 6.49. The van der Waals surface area contributed by atoms with E-state index in [0.29, 0.717) is 23.3 Å². The number of phosphoric acid groups is 1. The Morgan fingerprint density at radius 2 is 2.40 bits per heavy atom. The summed E-state index contributed by atoms with van der Waals surface area (Å²) in [6, 6.07) is 0. The van der Waals surface area contributed by atoms with Crippen LogP contribution in [0, 0.1) is 0 Å². The fourth-order valence-corrected chi connectivity index (χ4v) is 3.63. The van der Waals surface area contributed by atoms with Gasteiger partial charge in [-0.25, -0.2) is 4.57 Å². The Labute approximate surface area is 92.5 Å². The van der Waals surface area contributed by atoms with Gasteiger partial charge in [-0.05, 0) is 19.3 Å². The fourth-order valence-electron chi connectivity index (χ4n) is 1.40. The van der Waals surface area contributed by atoms with E-state index in [1.54, 1.807) is 0 Å². The summed E-state index contributed by atoms with van der Waals surface area (Å²) in [7, 11) is -3.47. The number of ether oxygens (including phenoxy) is 1. The molecule has 88 valence electrons. The maximum Gasteiger partial charge on any atom is 0.474 e. The van der Waals surface area contributed by atoms with Crippen LogP contribution in [0.15, 0.2) is 12.7 Å². The van der Waals surface area contributed by atoms with Gasteiger partial charge in [0.15, 0.2) is 5.41 Å². The van der Waals surface area contributed by atoms with Crippen molar-refractivity contribution in [3.8, 4) is 0 Å². The van der Waals surface area contributed by atoms with Gasteiger partial charge in [0.1, 0.15) is 0 Å². The first-order valence-electron chi connectivity index (χ1n) is 4.90. The highest BCUT2D eigenvalue weighted by molar-refractivity contribution is 7.47. The zero-order valence-corrected chi connectivity index (χ0v) is 11.7.